The van der Waals surface area contributed by atoms with Crippen LogP contribution in [0.2, 0.25) is 0 Å². The Hall–Kier alpha value is -4.17. The minimum Gasteiger partial charge on any atom is -0.416 e. The lowest BCUT2D eigenvalue weighted by Crippen LogP contribution is -2.39. The summed E-state index contributed by atoms with van der Waals surface area (Å²) in [5, 5.41) is 18.1. The smallest absolute Gasteiger partial charge is 0.309 e. The first-order chi connectivity index (χ1) is 18.9. The molecule has 0 fully saturated rings. The number of rotatable bonds is 6. The first kappa shape index (κ1) is 27.4. The first-order valence-corrected chi connectivity index (χ1v) is 14.5. The maximum atomic E-state index is 13.1. The summed E-state index contributed by atoms with van der Waals surface area (Å²) in [4.78, 5) is 22.0. The molecule has 3 aromatic heterocycles. The fourth-order valence-electron chi connectivity index (χ4n) is 4.42. The molecule has 1 amide bonds. The summed E-state index contributed by atoms with van der Waals surface area (Å²) in [5.41, 5.74) is 3.57. The number of sulfonamides is 1. The Balaban J connectivity index is 1.44. The number of aryl methyl sites for hydroxylation is 1. The number of nitrogens with zero attached hydrogens (tertiary/aromatic N) is 7. The molecule has 0 spiro atoms. The number of fused-ring (bicyclic) bond motifs is 1. The molecule has 1 aromatic carbocycles. The number of benzene rings is 1. The van der Waals surface area contributed by atoms with Crippen LogP contribution in [0.3, 0.4) is 0 Å². The van der Waals surface area contributed by atoms with E-state index in [2.05, 4.69) is 35.9 Å². The van der Waals surface area contributed by atoms with Crippen LogP contribution in [0.25, 0.3) is 11.3 Å². The largest absolute Gasteiger partial charge is 0.416 e. The van der Waals surface area contributed by atoms with Gasteiger partial charge in [0.1, 0.15) is 0 Å². The van der Waals surface area contributed by atoms with Gasteiger partial charge >= 0.3 is 11.8 Å². The summed E-state index contributed by atoms with van der Waals surface area (Å²) in [6.45, 7) is 6.06. The number of nitrogens with one attached hydrogen (secondary N) is 2. The molecule has 0 radical (unpaired) electrons. The number of amides is 1. The summed E-state index contributed by atoms with van der Waals surface area (Å²) in [6.07, 6.45) is 6.79. The van der Waals surface area contributed by atoms with Gasteiger partial charge in [0.2, 0.25) is 21.9 Å². The first-order valence-electron chi connectivity index (χ1n) is 12.7. The molecule has 13 nitrogen and oxygen atoms in total. The third-order valence-corrected chi connectivity index (χ3v) is 7.75. The van der Waals surface area contributed by atoms with Crippen LogP contribution in [0, 0.1) is 0 Å². The molecule has 1 aliphatic heterocycles. The lowest BCUT2D eigenvalue weighted by Gasteiger charge is -2.23. The van der Waals surface area contributed by atoms with E-state index in [1.54, 1.807) is 23.1 Å². The standard InChI is InChI=1S/C26H31N9O4S/c1-26(2,3)24-33-32-23(39-24)22(36)30-21-15-35(40(5,37)38)11-9-16-12-17(6-7-19(16)21)20-8-10-27-25(31-20)29-18-13-28-34(4)14-18/h6-8,10,12-14,21H,9,11,15H2,1-5H3,(H,30,36)(H,27,29,31)/t21-/m1/s1. The fourth-order valence-corrected chi connectivity index (χ4v) is 5.26. The number of hydrogen-bond donors (Lipinski definition) is 2. The second-order valence-corrected chi connectivity index (χ2v) is 12.7. The van der Waals surface area contributed by atoms with Gasteiger partial charge in [-0.2, -0.15) is 9.40 Å². The van der Waals surface area contributed by atoms with Crippen LogP contribution in [0.5, 0.6) is 0 Å². The Morgan fingerprint density at radius 3 is 2.65 bits per heavy atom. The Bertz CT molecular complexity index is 1660. The van der Waals surface area contributed by atoms with E-state index in [0.717, 1.165) is 22.4 Å². The average molecular weight is 566 g/mol. The van der Waals surface area contributed by atoms with Gasteiger partial charge in [-0.05, 0) is 29.7 Å². The Morgan fingerprint density at radius 1 is 1.18 bits per heavy atom. The molecular formula is C26H31N9O4S. The van der Waals surface area contributed by atoms with Crippen LogP contribution < -0.4 is 10.6 Å². The molecule has 40 heavy (non-hydrogen) atoms. The van der Waals surface area contributed by atoms with Crippen molar-refractivity contribution in [3.05, 3.63) is 65.8 Å². The van der Waals surface area contributed by atoms with Crippen LogP contribution in [0.15, 0.2) is 47.3 Å². The normalized spacial score (nSPS) is 16.3. The molecule has 1 aliphatic rings. The van der Waals surface area contributed by atoms with Crippen molar-refractivity contribution in [2.75, 3.05) is 24.7 Å². The maximum absolute atomic E-state index is 13.1. The predicted octanol–water partition coefficient (Wildman–Crippen LogP) is 2.59. The van der Waals surface area contributed by atoms with E-state index in [1.165, 1.54) is 10.6 Å². The topological polar surface area (TPSA) is 161 Å². The summed E-state index contributed by atoms with van der Waals surface area (Å²) in [7, 11) is -1.69. The van der Waals surface area contributed by atoms with Crippen molar-refractivity contribution in [2.24, 2.45) is 7.05 Å². The van der Waals surface area contributed by atoms with E-state index < -0.39 is 27.4 Å². The van der Waals surface area contributed by atoms with Gasteiger partial charge in [0.05, 0.1) is 29.9 Å². The SMILES string of the molecule is Cn1cc(Nc2nccc(-c3ccc4c(c3)CCN(S(C)(=O)=O)C[C@H]4NC(=O)c3nnc(C(C)(C)C)o3)n2)cn1. The van der Waals surface area contributed by atoms with Gasteiger partial charge in [-0.1, -0.05) is 32.9 Å². The Labute approximate surface area is 232 Å². The third kappa shape index (κ3) is 6.02. The van der Waals surface area contributed by atoms with Gasteiger partial charge < -0.3 is 15.1 Å². The highest BCUT2D eigenvalue weighted by molar-refractivity contribution is 7.88. The van der Waals surface area contributed by atoms with Crippen LogP contribution in [-0.4, -0.2) is 67.9 Å². The Kier molecular flexibility index (Phi) is 7.14. The third-order valence-electron chi connectivity index (χ3n) is 6.48. The Morgan fingerprint density at radius 2 is 1.98 bits per heavy atom. The van der Waals surface area contributed by atoms with Crippen LogP contribution >= 0.6 is 0 Å². The lowest BCUT2D eigenvalue weighted by molar-refractivity contribution is 0.0894. The highest BCUT2D eigenvalue weighted by Gasteiger charge is 2.31. The number of carbonyl (C=O) groups excluding carboxylic acids is 1. The summed E-state index contributed by atoms with van der Waals surface area (Å²) >= 11 is 0. The number of hydrogen-bond acceptors (Lipinski definition) is 10. The number of aromatic nitrogens is 6. The predicted molar refractivity (Wildman–Crippen MR) is 147 cm³/mol. The zero-order valence-electron chi connectivity index (χ0n) is 22.9. The average Bonchev–Trinajstić information content (AvgIpc) is 3.50. The van der Waals surface area contributed by atoms with Crippen molar-refractivity contribution >= 4 is 27.6 Å². The quantitative estimate of drug-likeness (QED) is 0.355. The summed E-state index contributed by atoms with van der Waals surface area (Å²) in [6, 6.07) is 6.94. The molecule has 4 aromatic rings. The zero-order valence-corrected chi connectivity index (χ0v) is 23.7. The zero-order chi connectivity index (χ0) is 28.7. The molecule has 0 unspecified atom stereocenters. The molecule has 0 aliphatic carbocycles. The molecule has 5 rings (SSSR count). The van der Waals surface area contributed by atoms with E-state index in [4.69, 9.17) is 4.42 Å². The molecular weight excluding hydrogens is 534 g/mol. The van der Waals surface area contributed by atoms with Gasteiger partial charge in [-0.25, -0.2) is 18.4 Å². The van der Waals surface area contributed by atoms with E-state index >= 15 is 0 Å². The van der Waals surface area contributed by atoms with E-state index in [0.29, 0.717) is 24.0 Å². The second-order valence-electron chi connectivity index (χ2n) is 10.8. The minimum atomic E-state index is -3.52. The molecule has 0 bridgehead atoms. The minimum absolute atomic E-state index is 0.0733. The van der Waals surface area contributed by atoms with Crippen molar-refractivity contribution < 1.29 is 17.6 Å². The van der Waals surface area contributed by atoms with Crippen molar-refractivity contribution in [3.8, 4) is 11.3 Å². The fraction of sp³-hybridized carbons (Fsp3) is 0.385. The number of carbonyl (C=O) groups is 1. The lowest BCUT2D eigenvalue weighted by atomic mass is 9.96. The second kappa shape index (κ2) is 10.4. The summed E-state index contributed by atoms with van der Waals surface area (Å²) in [5.74, 6) is 0.0137. The van der Waals surface area contributed by atoms with Gasteiger partial charge in [-0.3, -0.25) is 9.48 Å². The van der Waals surface area contributed by atoms with Gasteiger partial charge in [0.25, 0.3) is 0 Å². The molecule has 1 atom stereocenters. The summed E-state index contributed by atoms with van der Waals surface area (Å²) < 4.78 is 33.7. The van der Waals surface area contributed by atoms with E-state index in [-0.39, 0.29) is 19.0 Å². The van der Waals surface area contributed by atoms with Crippen molar-refractivity contribution in [1.29, 1.82) is 0 Å². The highest BCUT2D eigenvalue weighted by Crippen LogP contribution is 2.30. The van der Waals surface area contributed by atoms with E-state index in [9.17, 15) is 13.2 Å². The van der Waals surface area contributed by atoms with E-state index in [1.807, 2.05) is 52.2 Å². The molecule has 210 valence electrons. The van der Waals surface area contributed by atoms with Gasteiger partial charge in [0, 0.05) is 43.5 Å². The van der Waals surface area contributed by atoms with Crippen LogP contribution in [0.1, 0.15) is 54.5 Å². The molecule has 2 N–H and O–H groups in total. The number of anilines is 2. The molecule has 0 saturated heterocycles. The van der Waals surface area contributed by atoms with Crippen molar-refractivity contribution in [2.45, 2.75) is 38.6 Å². The van der Waals surface area contributed by atoms with Crippen molar-refractivity contribution in [1.82, 2.24) is 39.6 Å². The molecule has 4 heterocycles. The molecule has 0 saturated carbocycles. The van der Waals surface area contributed by atoms with Crippen LogP contribution in [-0.2, 0) is 28.9 Å². The van der Waals surface area contributed by atoms with Crippen molar-refractivity contribution in [3.63, 3.8) is 0 Å². The molecule has 14 heteroatoms. The maximum Gasteiger partial charge on any atom is 0.309 e. The van der Waals surface area contributed by atoms with Crippen LogP contribution in [0.4, 0.5) is 11.6 Å². The van der Waals surface area contributed by atoms with Gasteiger partial charge in [-0.15, -0.1) is 10.2 Å². The van der Waals surface area contributed by atoms with Gasteiger partial charge in [0.15, 0.2) is 0 Å². The monoisotopic (exact) mass is 565 g/mol. The highest BCUT2D eigenvalue weighted by atomic mass is 32.2.